The first-order chi connectivity index (χ1) is 25.7. The van der Waals surface area contributed by atoms with Crippen LogP contribution >= 0.6 is 53.1 Å². The van der Waals surface area contributed by atoms with Crippen molar-refractivity contribution in [2.24, 2.45) is 0 Å². The topological polar surface area (TPSA) is 0 Å². The zero-order valence-electron chi connectivity index (χ0n) is 34.0. The molecule has 0 N–H and O–H groups in total. The van der Waals surface area contributed by atoms with Gasteiger partial charge in [-0.2, -0.15) is 12.1 Å². The number of benzene rings is 4. The van der Waals surface area contributed by atoms with Crippen LogP contribution in [0.5, 0.6) is 0 Å². The minimum absolute atomic E-state index is 1.06. The number of halogens is 4. The quantitative estimate of drug-likeness (QED) is 0.0555. The van der Waals surface area contributed by atoms with Gasteiger partial charge in [0.2, 0.25) is 0 Å². The molecule has 0 unspecified atom stereocenters. The molecule has 0 fully saturated rings. The zero-order valence-corrected chi connectivity index (χ0v) is 43.3. The Balaban J connectivity index is 0.000000243. The zero-order chi connectivity index (χ0) is 40.1. The van der Waals surface area contributed by atoms with E-state index in [2.05, 4.69) is 214 Å². The average molecular weight is 1090 g/mol. The van der Waals surface area contributed by atoms with E-state index in [4.69, 9.17) is 17.0 Å². The molecule has 6 aromatic rings. The molecule has 2 nitrogen and oxygen atoms in total. The third-order valence-corrected chi connectivity index (χ3v) is 10.9. The van der Waals surface area contributed by atoms with Gasteiger partial charge in [-0.15, -0.1) is 69.1 Å². The van der Waals surface area contributed by atoms with E-state index in [1.165, 1.54) is 66.3 Å². The summed E-state index contributed by atoms with van der Waals surface area (Å²) in [6.07, 6.45) is 0. The van der Waals surface area contributed by atoms with Gasteiger partial charge in [-0.1, -0.05) is 50.2 Å². The van der Waals surface area contributed by atoms with Crippen LogP contribution in [0, 0.1) is 13.8 Å². The molecule has 8 heteroatoms. The predicted molar refractivity (Wildman–Crippen MR) is 263 cm³/mol. The molecule has 0 aromatic heterocycles. The van der Waals surface area contributed by atoms with Gasteiger partial charge in [0.1, 0.15) is 11.4 Å². The molecule has 0 heterocycles. The van der Waals surface area contributed by atoms with Crippen LogP contribution in [-0.4, -0.2) is 48.8 Å². The summed E-state index contributed by atoms with van der Waals surface area (Å²) >= 11 is 4.21. The van der Waals surface area contributed by atoms with E-state index in [9.17, 15) is 0 Å². The Hall–Kier alpha value is -0.840. The second-order valence-electron chi connectivity index (χ2n) is 13.9. The molecular weight excluding hydrogens is 1020 g/mol. The summed E-state index contributed by atoms with van der Waals surface area (Å²) in [5.41, 5.74) is 10.8. The third-order valence-electron chi connectivity index (χ3n) is 10.9. The second kappa shape index (κ2) is 22.3. The van der Waals surface area contributed by atoms with Crippen molar-refractivity contribution in [3.8, 4) is 22.3 Å². The van der Waals surface area contributed by atoms with Crippen molar-refractivity contribution in [2.45, 2.75) is 68.5 Å². The Kier molecular flexibility index (Phi) is 19.7. The molecule has 0 bridgehead atoms. The Labute approximate surface area is 360 Å². The molecule has 2 radical (unpaired) electrons. The summed E-state index contributed by atoms with van der Waals surface area (Å²) in [5.74, 6) is 0. The van der Waals surface area contributed by atoms with Crippen LogP contribution in [-0.2, 0) is 9.50 Å². The number of rotatable bonds is 10. The van der Waals surface area contributed by atoms with Gasteiger partial charge >= 0.3 is 62.6 Å². The molecule has 0 aliphatic carbocycles. The van der Waals surface area contributed by atoms with E-state index in [0.717, 1.165) is 57.8 Å². The van der Waals surface area contributed by atoms with Crippen LogP contribution in [0.25, 0.3) is 43.8 Å². The summed E-state index contributed by atoms with van der Waals surface area (Å²) in [6.45, 7) is 29.2. The van der Waals surface area contributed by atoms with Crippen molar-refractivity contribution in [3.63, 3.8) is 0 Å². The van der Waals surface area contributed by atoms with Gasteiger partial charge < -0.3 is 0 Å². The van der Waals surface area contributed by atoms with Crippen molar-refractivity contribution in [1.82, 2.24) is 8.97 Å². The maximum atomic E-state index is 5.48. The van der Waals surface area contributed by atoms with Gasteiger partial charge in [0.15, 0.2) is 0 Å². The number of hydrogen-bond donors (Lipinski definition) is 0. The van der Waals surface area contributed by atoms with E-state index in [-0.39, 0.29) is 0 Å². The normalized spacial score (nSPS) is 11.7. The monoisotopic (exact) mass is 1080 g/mol. The first-order valence-corrected chi connectivity index (χ1v) is 42.2. The molecule has 0 saturated carbocycles. The van der Waals surface area contributed by atoms with Gasteiger partial charge in [-0.05, 0) is 101 Å². The molecule has 0 saturated heterocycles. The van der Waals surface area contributed by atoms with Crippen LogP contribution in [0.15, 0.2) is 109 Å². The van der Waals surface area contributed by atoms with Gasteiger partial charge in [-0.3, -0.25) is 8.97 Å². The molecule has 0 aliphatic rings. The van der Waals surface area contributed by atoms with E-state index >= 15 is 0 Å². The molecule has 290 valence electrons. The van der Waals surface area contributed by atoms with Crippen molar-refractivity contribution < 1.29 is 9.50 Å². The Morgan fingerprint density at radius 3 is 1.07 bits per heavy atom. The summed E-state index contributed by atoms with van der Waals surface area (Å²) in [5, 5.41) is 5.40. The molecule has 6 aromatic carbocycles. The van der Waals surface area contributed by atoms with Gasteiger partial charge in [0, 0.05) is 9.52 Å². The van der Waals surface area contributed by atoms with E-state index < -0.39 is 9.50 Å². The predicted octanol–water partition coefficient (Wildman–Crippen LogP) is 15.7. The fourth-order valence-corrected chi connectivity index (χ4v) is 7.62. The van der Waals surface area contributed by atoms with Crippen molar-refractivity contribution >= 4 is 95.6 Å². The van der Waals surface area contributed by atoms with Crippen molar-refractivity contribution in [2.75, 3.05) is 39.3 Å². The van der Waals surface area contributed by atoms with Crippen molar-refractivity contribution in [3.05, 3.63) is 120 Å². The standard InChI is InChI=1S/2C22H27N.C2H6Si.2ClH.2HI.Zr/c2*1-5-23(6-2,7-3)20-13-11-18(12-14-20)21-10-8-9-19-15-17(4)16-22(19)21;1-3-2;;;;;/h2*8-16H,5-7H2,1-4H3;1-2H3;4*1H;/q;;;;;;;+4/p-4. The van der Waals surface area contributed by atoms with Crippen LogP contribution in [0.1, 0.15) is 52.7 Å². The number of fused-ring (bicyclic) bond motifs is 2. The maximum absolute atomic E-state index is 5.48. The van der Waals surface area contributed by atoms with Gasteiger partial charge in [-0.25, -0.2) is 0 Å². The second-order valence-corrected chi connectivity index (χ2v) is 71.3. The molecule has 0 amide bonds. The molecule has 0 spiro atoms. The summed E-state index contributed by atoms with van der Waals surface area (Å²) in [6, 6.07) is 40.8. The first kappa shape index (κ1) is 47.5. The summed E-state index contributed by atoms with van der Waals surface area (Å²) < 4.78 is 2.11. The van der Waals surface area contributed by atoms with Crippen LogP contribution < -0.4 is 8.97 Å². The first-order valence-electron chi connectivity index (χ1n) is 19.3. The summed E-state index contributed by atoms with van der Waals surface area (Å²) in [4.78, 5) is 0. The molecule has 0 atom stereocenters. The fraction of sp³-hybridized carbons (Fsp3) is 0.348. The number of quaternary nitrogens is 2. The third kappa shape index (κ3) is 12.6. The van der Waals surface area contributed by atoms with Gasteiger partial charge in [0.05, 0.1) is 39.3 Å². The minimum atomic E-state index is -2.30. The van der Waals surface area contributed by atoms with Crippen LogP contribution in [0.4, 0.5) is 11.4 Å². The molecular formula is C46H60Cl2I2N2SiZr. The Morgan fingerprint density at radius 2 is 0.815 bits per heavy atom. The van der Waals surface area contributed by atoms with Crippen molar-refractivity contribution in [1.29, 1.82) is 0 Å². The van der Waals surface area contributed by atoms with E-state index in [1.807, 2.05) is 0 Å². The Morgan fingerprint density at radius 1 is 0.537 bits per heavy atom. The number of nitrogens with zero attached hydrogens (tertiary/aromatic N) is 2. The van der Waals surface area contributed by atoms with Crippen LogP contribution in [0.3, 0.4) is 0 Å². The van der Waals surface area contributed by atoms with Crippen LogP contribution in [0.2, 0.25) is 13.1 Å². The Bertz CT molecular complexity index is 1840. The van der Waals surface area contributed by atoms with E-state index in [1.54, 1.807) is 0 Å². The number of hydrogen-bond acceptors (Lipinski definition) is 0. The average Bonchev–Trinajstić information content (AvgIpc) is 3.75. The summed E-state index contributed by atoms with van der Waals surface area (Å²) in [7, 11) is 9.75. The van der Waals surface area contributed by atoms with Gasteiger partial charge in [0.25, 0.3) is 0 Å². The molecule has 0 aliphatic heterocycles. The molecule has 54 heavy (non-hydrogen) atoms. The fourth-order valence-electron chi connectivity index (χ4n) is 7.62. The molecule has 6 rings (SSSR count). The SMILES string of the molecule is CC[N+](CC)(CC)c1ccc(-c2cccc3[cH-]c(C)cc23)cc1.CC[N+](CC)(CC)c1ccc(-c2cccc3[cH-]c(C)cc23)cc1.C[Si]C.[Cl][Zr]([Cl])([I])[I]. The van der Waals surface area contributed by atoms with E-state index in [0.29, 0.717) is 0 Å². The number of aryl methyl sites for hydroxylation is 2.